The number of H-pyrrole nitrogens is 1. The molecule has 3 heterocycles. The largest absolute Gasteiger partial charge is 0.742 e. The van der Waals surface area contributed by atoms with Gasteiger partial charge >= 0.3 is 5.69 Å². The number of fused-ring (bicyclic) bond motifs is 3. The van der Waals surface area contributed by atoms with Gasteiger partial charge in [0.25, 0.3) is 10.0 Å². The molecule has 11 nitrogen and oxygen atoms in total. The Hall–Kier alpha value is -3.91. The number of nitrogens with one attached hydrogen (secondary N) is 1. The van der Waals surface area contributed by atoms with Crippen LogP contribution in [0.3, 0.4) is 0 Å². The lowest BCUT2D eigenvalue weighted by Gasteiger charge is -2.25. The fourth-order valence-corrected chi connectivity index (χ4v) is 4.31. The molecule has 0 saturated heterocycles. The van der Waals surface area contributed by atoms with Crippen molar-refractivity contribution >= 4 is 38.0 Å². The number of hydrogen-bond acceptors (Lipinski definition) is 8. The second kappa shape index (κ2) is 7.90. The van der Waals surface area contributed by atoms with E-state index in [-0.39, 0.29) is 22.6 Å². The van der Waals surface area contributed by atoms with Crippen molar-refractivity contribution in [2.45, 2.75) is 18.4 Å². The zero-order chi connectivity index (χ0) is 24.1. The summed E-state index contributed by atoms with van der Waals surface area (Å²) >= 11 is 0. The molecular formula is C19H14F2N5O6S-. The van der Waals surface area contributed by atoms with Gasteiger partial charge in [0.1, 0.15) is 11.6 Å². The molecule has 172 valence electrons. The van der Waals surface area contributed by atoms with Crippen molar-refractivity contribution in [1.29, 1.82) is 0 Å². The smallest absolute Gasteiger partial charge is 0.326 e. The van der Waals surface area contributed by atoms with Crippen LogP contribution in [0.4, 0.5) is 8.78 Å². The maximum Gasteiger partial charge on any atom is 0.326 e. The van der Waals surface area contributed by atoms with E-state index in [1.165, 1.54) is 19.4 Å². The number of sulfonamides is 1. The SMILES string of the molecule is COc1ccc2c(ncc3[nH]c(=O)n(Cc4c(F)cc(S(=O)(=O)N([O-])C(C)=O)cc4F)c32)n1. The molecule has 0 unspecified atom stereocenters. The molecule has 3 aromatic heterocycles. The predicted molar refractivity (Wildman–Crippen MR) is 111 cm³/mol. The van der Waals surface area contributed by atoms with Crippen LogP contribution < -0.4 is 10.4 Å². The number of pyridine rings is 2. The third kappa shape index (κ3) is 3.68. The van der Waals surface area contributed by atoms with Gasteiger partial charge in [-0.25, -0.2) is 27.0 Å². The average Bonchev–Trinajstić information content (AvgIpc) is 3.10. The van der Waals surface area contributed by atoms with E-state index in [1.54, 1.807) is 6.07 Å². The fraction of sp³-hybridized carbons (Fsp3) is 0.158. The van der Waals surface area contributed by atoms with E-state index in [0.717, 1.165) is 4.57 Å². The molecular weight excluding hydrogens is 464 g/mol. The van der Waals surface area contributed by atoms with Crippen LogP contribution in [0.15, 0.2) is 40.2 Å². The van der Waals surface area contributed by atoms with Crippen LogP contribution in [0.2, 0.25) is 0 Å². The van der Waals surface area contributed by atoms with Gasteiger partial charge in [0.2, 0.25) is 11.8 Å². The zero-order valence-corrected chi connectivity index (χ0v) is 17.8. The highest BCUT2D eigenvalue weighted by Gasteiger charge is 2.24. The molecule has 14 heteroatoms. The Morgan fingerprint density at radius 3 is 2.55 bits per heavy atom. The molecule has 4 rings (SSSR count). The summed E-state index contributed by atoms with van der Waals surface area (Å²) < 4.78 is 59.0. The van der Waals surface area contributed by atoms with Crippen LogP contribution in [-0.4, -0.2) is 45.4 Å². The molecule has 0 bridgehead atoms. The highest BCUT2D eigenvalue weighted by atomic mass is 32.2. The topological polar surface area (TPSA) is 150 Å². The number of nitrogens with zero attached hydrogens (tertiary/aromatic N) is 4. The quantitative estimate of drug-likeness (QED) is 0.425. The number of carbonyl (C=O) groups excluding carboxylic acids is 1. The molecule has 0 fully saturated rings. The number of methoxy groups -OCH3 is 1. The van der Waals surface area contributed by atoms with Crippen molar-refractivity contribution in [1.82, 2.24) is 24.0 Å². The monoisotopic (exact) mass is 478 g/mol. The summed E-state index contributed by atoms with van der Waals surface area (Å²) in [6, 6.07) is 3.92. The minimum Gasteiger partial charge on any atom is -0.742 e. The van der Waals surface area contributed by atoms with E-state index >= 15 is 0 Å². The number of aromatic amines is 1. The lowest BCUT2D eigenvalue weighted by molar-refractivity contribution is -0.122. The molecule has 0 saturated carbocycles. The van der Waals surface area contributed by atoms with Crippen LogP contribution in [0.25, 0.3) is 22.1 Å². The van der Waals surface area contributed by atoms with E-state index in [1.807, 2.05) is 0 Å². The highest BCUT2D eigenvalue weighted by molar-refractivity contribution is 7.89. The van der Waals surface area contributed by atoms with E-state index in [0.29, 0.717) is 24.4 Å². The van der Waals surface area contributed by atoms with Crippen LogP contribution in [-0.2, 0) is 21.4 Å². The van der Waals surface area contributed by atoms with E-state index in [2.05, 4.69) is 15.0 Å². The molecule has 0 aliphatic rings. The first-order valence-electron chi connectivity index (χ1n) is 9.17. The standard InChI is InChI=1S/C19H14F2N5O6S/c1-9(27)26(29)33(30,31)10-5-13(20)12(14(21)6-10)8-25-17-11-3-4-16(32-2)24-18(11)22-7-15(17)23-19(25)28/h3-7H,8H2,1-2H3,(H,23,28)/q-1. The van der Waals surface area contributed by atoms with Crippen molar-refractivity contribution in [3.05, 3.63) is 63.4 Å². The Bertz CT molecular complexity index is 1570. The van der Waals surface area contributed by atoms with Gasteiger partial charge in [-0.1, -0.05) is 0 Å². The van der Waals surface area contributed by atoms with Gasteiger partial charge in [-0.15, -0.1) is 0 Å². The summed E-state index contributed by atoms with van der Waals surface area (Å²) in [6.45, 7) is 0.0778. The molecule has 0 atom stereocenters. The number of hydroxylamine groups is 1. The summed E-state index contributed by atoms with van der Waals surface area (Å²) in [6.07, 6.45) is 1.33. The van der Waals surface area contributed by atoms with Crippen molar-refractivity contribution in [3.63, 3.8) is 0 Å². The number of ether oxygens (including phenoxy) is 1. The summed E-state index contributed by atoms with van der Waals surface area (Å²) in [5.74, 6) is -3.77. The lowest BCUT2D eigenvalue weighted by atomic mass is 10.2. The molecule has 0 spiro atoms. The average molecular weight is 478 g/mol. The van der Waals surface area contributed by atoms with Crippen LogP contribution in [0.1, 0.15) is 12.5 Å². The maximum atomic E-state index is 14.8. The molecule has 33 heavy (non-hydrogen) atoms. The number of carbonyl (C=O) groups is 1. The predicted octanol–water partition coefficient (Wildman–Crippen LogP) is 1.64. The van der Waals surface area contributed by atoms with Crippen molar-refractivity contribution in [2.75, 3.05) is 7.11 Å². The van der Waals surface area contributed by atoms with Gasteiger partial charge in [-0.3, -0.25) is 9.36 Å². The number of rotatable bonds is 5. The fourth-order valence-electron chi connectivity index (χ4n) is 3.28. The molecule has 1 aromatic carbocycles. The third-order valence-electron chi connectivity index (χ3n) is 4.85. The molecule has 1 N–H and O–H groups in total. The van der Waals surface area contributed by atoms with Crippen LogP contribution in [0.5, 0.6) is 5.88 Å². The lowest BCUT2D eigenvalue weighted by Crippen LogP contribution is -2.30. The second-order valence-electron chi connectivity index (χ2n) is 6.88. The number of aromatic nitrogens is 4. The van der Waals surface area contributed by atoms with E-state index in [4.69, 9.17) is 4.74 Å². The van der Waals surface area contributed by atoms with Crippen LogP contribution in [0, 0.1) is 16.8 Å². The van der Waals surface area contributed by atoms with Gasteiger partial charge in [-0.2, -0.15) is 4.98 Å². The van der Waals surface area contributed by atoms with Crippen molar-refractivity contribution in [3.8, 4) is 5.88 Å². The minimum absolute atomic E-state index is 0.219. The number of hydrogen-bond donors (Lipinski definition) is 1. The Morgan fingerprint density at radius 2 is 1.94 bits per heavy atom. The molecule has 4 aromatic rings. The van der Waals surface area contributed by atoms with Gasteiger partial charge in [0, 0.05) is 23.9 Å². The van der Waals surface area contributed by atoms with Gasteiger partial charge in [0.05, 0.1) is 35.8 Å². The molecule has 0 aliphatic carbocycles. The third-order valence-corrected chi connectivity index (χ3v) is 6.37. The first kappa shape index (κ1) is 22.3. The number of amides is 1. The summed E-state index contributed by atoms with van der Waals surface area (Å²) in [4.78, 5) is 33.4. The van der Waals surface area contributed by atoms with Gasteiger partial charge in [0.15, 0.2) is 5.65 Å². The first-order chi connectivity index (χ1) is 15.5. The van der Waals surface area contributed by atoms with Gasteiger partial charge < -0.3 is 19.4 Å². The first-order valence-corrected chi connectivity index (χ1v) is 10.6. The maximum absolute atomic E-state index is 14.8. The zero-order valence-electron chi connectivity index (χ0n) is 17.0. The number of halogens is 2. The normalized spacial score (nSPS) is 11.8. The Morgan fingerprint density at radius 1 is 1.27 bits per heavy atom. The van der Waals surface area contributed by atoms with Crippen LogP contribution >= 0.6 is 0 Å². The Labute approximate surface area is 183 Å². The van der Waals surface area contributed by atoms with Crippen molar-refractivity contribution < 1.29 is 26.7 Å². The highest BCUT2D eigenvalue weighted by Crippen LogP contribution is 2.26. The number of benzene rings is 1. The van der Waals surface area contributed by atoms with E-state index in [9.17, 15) is 32.0 Å². The van der Waals surface area contributed by atoms with E-state index < -0.39 is 54.7 Å². The molecule has 1 amide bonds. The molecule has 0 radical (unpaired) electrons. The summed E-state index contributed by atoms with van der Waals surface area (Å²) in [5, 5.41) is 12.0. The summed E-state index contributed by atoms with van der Waals surface area (Å²) in [5.41, 5.74) is -0.575. The molecule has 0 aliphatic heterocycles. The Kier molecular flexibility index (Phi) is 5.33. The van der Waals surface area contributed by atoms with Crippen molar-refractivity contribution in [2.24, 2.45) is 0 Å². The minimum atomic E-state index is -5.00. The van der Waals surface area contributed by atoms with Gasteiger partial charge in [-0.05, 0) is 18.2 Å². The second-order valence-corrected chi connectivity index (χ2v) is 8.63. The summed E-state index contributed by atoms with van der Waals surface area (Å²) in [7, 11) is -3.58. The number of imidazole rings is 1. The Balaban J connectivity index is 1.85.